The first-order valence-corrected chi connectivity index (χ1v) is 8.62. The van der Waals surface area contributed by atoms with Crippen LogP contribution in [-0.2, 0) is 14.3 Å². The van der Waals surface area contributed by atoms with Gasteiger partial charge in [0.05, 0.1) is 5.52 Å². The fourth-order valence-corrected chi connectivity index (χ4v) is 2.62. The average Bonchev–Trinajstić information content (AvgIpc) is 2.71. The van der Waals surface area contributed by atoms with E-state index >= 15 is 0 Å². The topological polar surface area (TPSA) is 85.4 Å². The maximum Gasteiger partial charge on any atom is 0.331 e. The van der Waals surface area contributed by atoms with E-state index in [1.807, 2.05) is 30.3 Å². The van der Waals surface area contributed by atoms with Crippen LogP contribution in [0.2, 0.25) is 0 Å². The van der Waals surface area contributed by atoms with Crippen LogP contribution in [-0.4, -0.2) is 29.3 Å². The molecule has 0 atom stereocenters. The second-order valence-electron chi connectivity index (χ2n) is 6.05. The molecule has 1 heterocycles. The van der Waals surface area contributed by atoms with Crippen LogP contribution in [0.15, 0.2) is 66.9 Å². The summed E-state index contributed by atoms with van der Waals surface area (Å²) >= 11 is 0. The summed E-state index contributed by atoms with van der Waals surface area (Å²) in [6, 6.07) is 16.0. The molecular formula is C22H18N2O4. The van der Waals surface area contributed by atoms with E-state index in [2.05, 4.69) is 10.3 Å². The van der Waals surface area contributed by atoms with Crippen LogP contribution in [0.4, 0.5) is 5.69 Å². The highest BCUT2D eigenvalue weighted by Crippen LogP contribution is 2.17. The van der Waals surface area contributed by atoms with Crippen LogP contribution in [0.1, 0.15) is 22.8 Å². The third-order valence-electron chi connectivity index (χ3n) is 3.96. The average molecular weight is 374 g/mol. The lowest BCUT2D eigenvalue weighted by Gasteiger charge is -2.06. The quantitative estimate of drug-likeness (QED) is 0.404. The molecule has 3 rings (SSSR count). The molecule has 28 heavy (non-hydrogen) atoms. The zero-order valence-corrected chi connectivity index (χ0v) is 15.2. The van der Waals surface area contributed by atoms with E-state index in [4.69, 9.17) is 4.74 Å². The van der Waals surface area contributed by atoms with E-state index in [-0.39, 0.29) is 5.78 Å². The van der Waals surface area contributed by atoms with Gasteiger partial charge in [-0.15, -0.1) is 0 Å². The molecule has 0 aliphatic heterocycles. The normalized spacial score (nSPS) is 10.8. The van der Waals surface area contributed by atoms with E-state index < -0.39 is 18.5 Å². The number of rotatable bonds is 6. The SMILES string of the molecule is CC(=O)c1cccc(NC(=O)COC(=O)/C=C/c2cccc3cccnc23)c1. The minimum atomic E-state index is -0.638. The van der Waals surface area contributed by atoms with Crippen molar-refractivity contribution in [2.45, 2.75) is 6.92 Å². The molecule has 0 aliphatic carbocycles. The number of aromatic nitrogens is 1. The Morgan fingerprint density at radius 1 is 1.07 bits per heavy atom. The van der Waals surface area contributed by atoms with Crippen LogP contribution in [0.3, 0.4) is 0 Å². The number of fused-ring (bicyclic) bond motifs is 1. The van der Waals surface area contributed by atoms with Crippen LogP contribution in [0.25, 0.3) is 17.0 Å². The molecule has 0 spiro atoms. The number of pyridine rings is 1. The molecule has 0 unspecified atom stereocenters. The largest absolute Gasteiger partial charge is 0.452 e. The van der Waals surface area contributed by atoms with E-state index in [1.165, 1.54) is 13.0 Å². The second-order valence-corrected chi connectivity index (χ2v) is 6.05. The smallest absolute Gasteiger partial charge is 0.331 e. The summed E-state index contributed by atoms with van der Waals surface area (Å²) in [4.78, 5) is 39.5. The van der Waals surface area contributed by atoms with Crippen LogP contribution in [0, 0.1) is 0 Å². The lowest BCUT2D eigenvalue weighted by molar-refractivity contribution is -0.142. The van der Waals surface area contributed by atoms with Gasteiger partial charge in [0.1, 0.15) is 0 Å². The Morgan fingerprint density at radius 2 is 1.86 bits per heavy atom. The van der Waals surface area contributed by atoms with Gasteiger partial charge >= 0.3 is 5.97 Å². The number of anilines is 1. The molecule has 0 radical (unpaired) electrons. The van der Waals surface area contributed by atoms with E-state index in [1.54, 1.807) is 36.5 Å². The maximum absolute atomic E-state index is 11.9. The highest BCUT2D eigenvalue weighted by molar-refractivity contribution is 5.98. The third kappa shape index (κ3) is 4.88. The molecule has 6 nitrogen and oxygen atoms in total. The summed E-state index contributed by atoms with van der Waals surface area (Å²) in [5, 5.41) is 3.55. The standard InChI is InChI=1S/C22H18N2O4/c1-15(25)18-7-3-9-19(13-18)24-20(26)14-28-21(27)11-10-17-6-2-5-16-8-4-12-23-22(16)17/h2-13H,14H2,1H3,(H,24,26)/b11-10+. The minimum absolute atomic E-state index is 0.101. The molecule has 0 aliphatic rings. The molecule has 6 heteroatoms. The first-order valence-electron chi connectivity index (χ1n) is 8.62. The maximum atomic E-state index is 11.9. The van der Waals surface area contributed by atoms with Gasteiger partial charge in [0.2, 0.25) is 0 Å². The first-order chi connectivity index (χ1) is 13.5. The van der Waals surface area contributed by atoms with Crippen LogP contribution in [0.5, 0.6) is 0 Å². The van der Waals surface area contributed by atoms with Crippen LogP contribution < -0.4 is 5.32 Å². The lowest BCUT2D eigenvalue weighted by Crippen LogP contribution is -2.20. The van der Waals surface area contributed by atoms with Gasteiger partial charge in [0.15, 0.2) is 12.4 Å². The van der Waals surface area contributed by atoms with Crippen molar-refractivity contribution in [1.29, 1.82) is 0 Å². The summed E-state index contributed by atoms with van der Waals surface area (Å²) in [5.41, 5.74) is 2.50. The molecule has 1 N–H and O–H groups in total. The Morgan fingerprint density at radius 3 is 2.68 bits per heavy atom. The van der Waals surface area contributed by atoms with Gasteiger partial charge < -0.3 is 10.1 Å². The lowest BCUT2D eigenvalue weighted by atomic mass is 10.1. The number of para-hydroxylation sites is 1. The number of carbonyl (C=O) groups is 3. The van der Waals surface area contributed by atoms with E-state index in [0.717, 1.165) is 16.5 Å². The number of amides is 1. The summed E-state index contributed by atoms with van der Waals surface area (Å²) in [6.07, 6.45) is 4.54. The van der Waals surface area contributed by atoms with Crippen molar-refractivity contribution >= 4 is 40.3 Å². The van der Waals surface area contributed by atoms with Gasteiger partial charge in [-0.3, -0.25) is 14.6 Å². The van der Waals surface area contributed by atoms with Gasteiger partial charge in [-0.05, 0) is 31.2 Å². The van der Waals surface area contributed by atoms with E-state index in [9.17, 15) is 14.4 Å². The molecule has 1 aromatic heterocycles. The number of Topliss-reactive ketones (excluding diaryl/α,β-unsaturated/α-hetero) is 1. The molecule has 3 aromatic rings. The highest BCUT2D eigenvalue weighted by atomic mass is 16.5. The number of ether oxygens (including phenoxy) is 1. The molecule has 0 bridgehead atoms. The van der Waals surface area contributed by atoms with Gasteiger partial charge in [-0.25, -0.2) is 4.79 Å². The fraction of sp³-hybridized carbons (Fsp3) is 0.0909. The summed E-state index contributed by atoms with van der Waals surface area (Å²) < 4.78 is 4.96. The van der Waals surface area contributed by atoms with Crippen molar-refractivity contribution in [3.05, 3.63) is 78.0 Å². The van der Waals surface area contributed by atoms with E-state index in [0.29, 0.717) is 11.3 Å². The monoisotopic (exact) mass is 374 g/mol. The number of benzene rings is 2. The van der Waals surface area contributed by atoms with Crippen molar-refractivity contribution in [1.82, 2.24) is 4.98 Å². The van der Waals surface area contributed by atoms with Crippen molar-refractivity contribution in [2.75, 3.05) is 11.9 Å². The molecule has 2 aromatic carbocycles. The van der Waals surface area contributed by atoms with Gasteiger partial charge in [-0.2, -0.15) is 0 Å². The molecule has 0 fully saturated rings. The highest BCUT2D eigenvalue weighted by Gasteiger charge is 2.07. The van der Waals surface area contributed by atoms with Crippen LogP contribution >= 0.6 is 0 Å². The number of nitrogens with one attached hydrogen (secondary N) is 1. The zero-order chi connectivity index (χ0) is 19.9. The third-order valence-corrected chi connectivity index (χ3v) is 3.96. The summed E-state index contributed by atoms with van der Waals surface area (Å²) in [6.45, 7) is 1.02. The Hall–Kier alpha value is -3.80. The number of esters is 1. The summed E-state index contributed by atoms with van der Waals surface area (Å²) in [7, 11) is 0. The minimum Gasteiger partial charge on any atom is -0.452 e. The molecule has 140 valence electrons. The second kappa shape index (κ2) is 8.73. The molecule has 0 saturated carbocycles. The summed E-state index contributed by atoms with van der Waals surface area (Å²) in [5.74, 6) is -1.23. The number of hydrogen-bond acceptors (Lipinski definition) is 5. The Kier molecular flexibility index (Phi) is 5.91. The van der Waals surface area contributed by atoms with Crippen molar-refractivity contribution in [2.24, 2.45) is 0 Å². The van der Waals surface area contributed by atoms with Crippen molar-refractivity contribution in [3.8, 4) is 0 Å². The van der Waals surface area contributed by atoms with Crippen molar-refractivity contribution < 1.29 is 19.1 Å². The van der Waals surface area contributed by atoms with Gasteiger partial charge in [0, 0.05) is 34.5 Å². The van der Waals surface area contributed by atoms with Crippen molar-refractivity contribution in [3.63, 3.8) is 0 Å². The molecule has 0 saturated heterocycles. The predicted octanol–water partition coefficient (Wildman–Crippen LogP) is 3.63. The Balaban J connectivity index is 1.56. The molecule has 1 amide bonds. The number of hydrogen-bond donors (Lipinski definition) is 1. The first kappa shape index (κ1) is 19.0. The zero-order valence-electron chi connectivity index (χ0n) is 15.2. The fourth-order valence-electron chi connectivity index (χ4n) is 2.62. The number of ketones is 1. The van der Waals surface area contributed by atoms with Gasteiger partial charge in [-0.1, -0.05) is 36.4 Å². The Bertz CT molecular complexity index is 1070. The Labute approximate surface area is 161 Å². The number of nitrogens with zero attached hydrogens (tertiary/aromatic N) is 1. The predicted molar refractivity (Wildman–Crippen MR) is 107 cm³/mol. The number of carbonyl (C=O) groups excluding carboxylic acids is 3. The van der Waals surface area contributed by atoms with Gasteiger partial charge in [0.25, 0.3) is 5.91 Å². The molecular weight excluding hydrogens is 356 g/mol.